The lowest BCUT2D eigenvalue weighted by molar-refractivity contribution is -0.384. The normalized spacial score (nSPS) is 13.9. The third-order valence-corrected chi connectivity index (χ3v) is 5.21. The maximum absolute atomic E-state index is 13.1. The molecule has 1 aliphatic heterocycles. The molecule has 0 fully saturated rings. The number of anilines is 2. The zero-order valence-electron chi connectivity index (χ0n) is 16.5. The van der Waals surface area contributed by atoms with Gasteiger partial charge in [-0.25, -0.2) is 0 Å². The van der Waals surface area contributed by atoms with Gasteiger partial charge in [-0.2, -0.15) is 13.2 Å². The standard InChI is InChI=1S/C21H24F3N3O2/c1-3-10-25(2)18-9-6-15(12-20(18)27(28)29)14-26-11-4-5-16-7-8-17(13-19(16)26)21(22,23)24/h6-9,12-13H,3-5,10-11,14H2,1-2H3. The second-order valence-electron chi connectivity index (χ2n) is 7.37. The minimum Gasteiger partial charge on any atom is -0.369 e. The van der Waals surface area contributed by atoms with E-state index in [0.717, 1.165) is 30.9 Å². The summed E-state index contributed by atoms with van der Waals surface area (Å²) in [7, 11) is 1.81. The predicted octanol–water partition coefficient (Wildman–Crippen LogP) is 5.41. The summed E-state index contributed by atoms with van der Waals surface area (Å²) in [6.07, 6.45) is -1.98. The van der Waals surface area contributed by atoms with Gasteiger partial charge in [0.2, 0.25) is 0 Å². The van der Waals surface area contributed by atoms with Crippen LogP contribution in [0.2, 0.25) is 0 Å². The molecular formula is C21H24F3N3O2. The summed E-state index contributed by atoms with van der Waals surface area (Å²) in [5, 5.41) is 11.6. The van der Waals surface area contributed by atoms with Crippen molar-refractivity contribution in [3.05, 3.63) is 63.2 Å². The van der Waals surface area contributed by atoms with Crippen molar-refractivity contribution in [2.75, 3.05) is 29.9 Å². The van der Waals surface area contributed by atoms with Gasteiger partial charge in [-0.15, -0.1) is 0 Å². The van der Waals surface area contributed by atoms with Crippen LogP contribution in [0.25, 0.3) is 0 Å². The summed E-state index contributed by atoms with van der Waals surface area (Å²) in [6, 6.07) is 8.91. The Kier molecular flexibility index (Phi) is 6.00. The summed E-state index contributed by atoms with van der Waals surface area (Å²) >= 11 is 0. The van der Waals surface area contributed by atoms with E-state index in [1.807, 2.05) is 29.8 Å². The van der Waals surface area contributed by atoms with Gasteiger partial charge in [0.15, 0.2) is 0 Å². The van der Waals surface area contributed by atoms with Gasteiger partial charge in [0.1, 0.15) is 5.69 Å². The largest absolute Gasteiger partial charge is 0.416 e. The predicted molar refractivity (Wildman–Crippen MR) is 107 cm³/mol. The first-order valence-electron chi connectivity index (χ1n) is 9.64. The van der Waals surface area contributed by atoms with Gasteiger partial charge in [-0.05, 0) is 48.6 Å². The molecule has 0 aliphatic carbocycles. The first-order valence-corrected chi connectivity index (χ1v) is 9.64. The van der Waals surface area contributed by atoms with Gasteiger partial charge < -0.3 is 9.80 Å². The van der Waals surface area contributed by atoms with Gasteiger partial charge in [0.25, 0.3) is 5.69 Å². The van der Waals surface area contributed by atoms with E-state index in [9.17, 15) is 23.3 Å². The highest BCUT2D eigenvalue weighted by molar-refractivity contribution is 5.65. The van der Waals surface area contributed by atoms with Crippen LogP contribution < -0.4 is 9.80 Å². The number of nitro groups is 1. The van der Waals surface area contributed by atoms with E-state index in [1.165, 1.54) is 18.2 Å². The minimum absolute atomic E-state index is 0.0136. The Labute approximate surface area is 167 Å². The fourth-order valence-corrected chi connectivity index (χ4v) is 3.80. The third-order valence-electron chi connectivity index (χ3n) is 5.21. The fourth-order valence-electron chi connectivity index (χ4n) is 3.80. The molecule has 0 atom stereocenters. The molecule has 0 saturated carbocycles. The van der Waals surface area contributed by atoms with E-state index in [2.05, 4.69) is 0 Å². The van der Waals surface area contributed by atoms with Crippen LogP contribution >= 0.6 is 0 Å². The number of nitro benzene ring substituents is 1. The molecule has 29 heavy (non-hydrogen) atoms. The Morgan fingerprint density at radius 1 is 1.21 bits per heavy atom. The highest BCUT2D eigenvalue weighted by atomic mass is 19.4. The van der Waals surface area contributed by atoms with Gasteiger partial charge in [0.05, 0.1) is 10.5 Å². The summed E-state index contributed by atoms with van der Waals surface area (Å²) in [5.74, 6) is 0. The van der Waals surface area contributed by atoms with Gasteiger partial charge in [-0.3, -0.25) is 10.1 Å². The van der Waals surface area contributed by atoms with Crippen molar-refractivity contribution in [1.29, 1.82) is 0 Å². The molecule has 0 N–H and O–H groups in total. The molecule has 0 radical (unpaired) electrons. The molecule has 0 unspecified atom stereocenters. The average Bonchev–Trinajstić information content (AvgIpc) is 2.67. The SMILES string of the molecule is CCCN(C)c1ccc(CN2CCCc3ccc(C(F)(F)F)cc32)cc1[N+](=O)[O-]. The van der Waals surface area contributed by atoms with Crippen molar-refractivity contribution >= 4 is 17.1 Å². The van der Waals surface area contributed by atoms with Crippen LogP contribution in [0.5, 0.6) is 0 Å². The lowest BCUT2D eigenvalue weighted by Gasteiger charge is -2.32. The molecule has 0 saturated heterocycles. The molecule has 5 nitrogen and oxygen atoms in total. The van der Waals surface area contributed by atoms with Crippen LogP contribution in [0.15, 0.2) is 36.4 Å². The molecule has 0 bridgehead atoms. The van der Waals surface area contributed by atoms with Crippen molar-refractivity contribution < 1.29 is 18.1 Å². The molecule has 8 heteroatoms. The molecular weight excluding hydrogens is 383 g/mol. The second-order valence-corrected chi connectivity index (χ2v) is 7.37. The van der Waals surface area contributed by atoms with Crippen LogP contribution in [0.3, 0.4) is 0 Å². The molecule has 156 valence electrons. The smallest absolute Gasteiger partial charge is 0.369 e. The number of hydrogen-bond donors (Lipinski definition) is 0. The maximum Gasteiger partial charge on any atom is 0.416 e. The van der Waals surface area contributed by atoms with E-state index in [0.29, 0.717) is 36.6 Å². The molecule has 0 aromatic heterocycles. The molecule has 0 amide bonds. The Balaban J connectivity index is 1.91. The average molecular weight is 407 g/mol. The first-order chi connectivity index (χ1) is 13.7. The molecule has 2 aromatic carbocycles. The number of benzene rings is 2. The van der Waals surface area contributed by atoms with Crippen LogP contribution in [-0.4, -0.2) is 25.1 Å². The van der Waals surface area contributed by atoms with E-state index in [4.69, 9.17) is 0 Å². The van der Waals surface area contributed by atoms with Crippen molar-refractivity contribution in [3.63, 3.8) is 0 Å². The number of rotatable bonds is 6. The quantitative estimate of drug-likeness (QED) is 0.474. The molecule has 1 heterocycles. The summed E-state index contributed by atoms with van der Waals surface area (Å²) in [6.45, 7) is 3.63. The van der Waals surface area contributed by atoms with E-state index in [-0.39, 0.29) is 5.69 Å². The summed E-state index contributed by atoms with van der Waals surface area (Å²) in [4.78, 5) is 14.9. The summed E-state index contributed by atoms with van der Waals surface area (Å²) in [5.41, 5.74) is 2.01. The zero-order chi connectivity index (χ0) is 21.2. The lowest BCUT2D eigenvalue weighted by atomic mass is 9.98. The number of fused-ring (bicyclic) bond motifs is 1. The second kappa shape index (κ2) is 8.31. The first kappa shape index (κ1) is 21.0. The van der Waals surface area contributed by atoms with Crippen LogP contribution in [0.1, 0.15) is 36.5 Å². The fraction of sp³-hybridized carbons (Fsp3) is 0.429. The molecule has 2 aromatic rings. The maximum atomic E-state index is 13.1. The summed E-state index contributed by atoms with van der Waals surface area (Å²) < 4.78 is 39.4. The van der Waals surface area contributed by atoms with Crippen LogP contribution in [-0.2, 0) is 19.1 Å². The van der Waals surface area contributed by atoms with Gasteiger partial charge in [0, 0.05) is 38.4 Å². The van der Waals surface area contributed by atoms with Gasteiger partial charge in [-0.1, -0.05) is 19.1 Å². The Morgan fingerprint density at radius 3 is 2.62 bits per heavy atom. The number of aryl methyl sites for hydroxylation is 1. The Bertz CT molecular complexity index is 899. The topological polar surface area (TPSA) is 49.6 Å². The van der Waals surface area contributed by atoms with Gasteiger partial charge >= 0.3 is 6.18 Å². The third kappa shape index (κ3) is 4.63. The van der Waals surface area contributed by atoms with Crippen molar-refractivity contribution in [1.82, 2.24) is 0 Å². The minimum atomic E-state index is -4.40. The van der Waals surface area contributed by atoms with Crippen molar-refractivity contribution in [2.24, 2.45) is 0 Å². The number of alkyl halides is 3. The van der Waals surface area contributed by atoms with E-state index >= 15 is 0 Å². The van der Waals surface area contributed by atoms with Crippen LogP contribution in [0.4, 0.5) is 30.2 Å². The lowest BCUT2D eigenvalue weighted by Crippen LogP contribution is -2.29. The monoisotopic (exact) mass is 407 g/mol. The Morgan fingerprint density at radius 2 is 1.97 bits per heavy atom. The zero-order valence-corrected chi connectivity index (χ0v) is 16.5. The van der Waals surface area contributed by atoms with E-state index < -0.39 is 16.7 Å². The molecule has 3 rings (SSSR count). The van der Waals surface area contributed by atoms with E-state index in [1.54, 1.807) is 6.07 Å². The number of halogens is 3. The van der Waals surface area contributed by atoms with Crippen molar-refractivity contribution in [2.45, 2.75) is 38.9 Å². The highest BCUT2D eigenvalue weighted by Gasteiger charge is 2.32. The van der Waals surface area contributed by atoms with Crippen LogP contribution in [0, 0.1) is 10.1 Å². The molecule has 1 aliphatic rings. The highest BCUT2D eigenvalue weighted by Crippen LogP contribution is 2.37. The molecule has 0 spiro atoms. The number of hydrogen-bond acceptors (Lipinski definition) is 4. The Hall–Kier alpha value is -2.77. The number of nitrogens with zero attached hydrogens (tertiary/aromatic N) is 3. The van der Waals surface area contributed by atoms with Crippen molar-refractivity contribution in [3.8, 4) is 0 Å².